The monoisotopic (exact) mass is 348 g/mol. The first kappa shape index (κ1) is 17.6. The Hall–Kier alpha value is -1.76. The fourth-order valence-electron chi connectivity index (χ4n) is 2.44. The summed E-state index contributed by atoms with van der Waals surface area (Å²) < 4.78 is 37.1. The maximum Gasteiger partial charge on any atom is 0.471 e. The summed E-state index contributed by atoms with van der Waals surface area (Å²) in [4.78, 5) is 25.5. The number of hydrogen-bond acceptors (Lipinski definition) is 2. The van der Waals surface area contributed by atoms with Gasteiger partial charge in [-0.05, 0) is 18.1 Å². The molecule has 0 atom stereocenters. The van der Waals surface area contributed by atoms with Crippen LogP contribution in [0, 0.1) is 0 Å². The second-order valence-electron chi connectivity index (χ2n) is 5.26. The van der Waals surface area contributed by atoms with Crippen LogP contribution in [0.1, 0.15) is 12.0 Å². The number of amides is 2. The molecule has 1 aliphatic rings. The summed E-state index contributed by atoms with van der Waals surface area (Å²) >= 11 is 6.01. The van der Waals surface area contributed by atoms with Crippen molar-refractivity contribution in [3.05, 3.63) is 34.9 Å². The van der Waals surface area contributed by atoms with Gasteiger partial charge in [-0.3, -0.25) is 9.59 Å². The molecule has 0 aliphatic carbocycles. The van der Waals surface area contributed by atoms with Gasteiger partial charge in [0.05, 0.1) is 0 Å². The van der Waals surface area contributed by atoms with Crippen LogP contribution in [0.3, 0.4) is 0 Å². The quantitative estimate of drug-likeness (QED) is 0.842. The summed E-state index contributed by atoms with van der Waals surface area (Å²) in [6.45, 7) is 0.0265. The van der Waals surface area contributed by atoms with Crippen molar-refractivity contribution in [3.63, 3.8) is 0 Å². The summed E-state index contributed by atoms with van der Waals surface area (Å²) in [5.74, 6) is -2.00. The lowest BCUT2D eigenvalue weighted by molar-refractivity contribution is -0.187. The fraction of sp³-hybridized carbons (Fsp3) is 0.467. The first-order valence-corrected chi connectivity index (χ1v) is 7.54. The van der Waals surface area contributed by atoms with Crippen molar-refractivity contribution in [2.75, 3.05) is 26.2 Å². The molecule has 8 heteroatoms. The maximum atomic E-state index is 12.4. The fourth-order valence-corrected chi connectivity index (χ4v) is 2.67. The molecule has 1 aliphatic heterocycles. The second kappa shape index (κ2) is 7.21. The summed E-state index contributed by atoms with van der Waals surface area (Å²) in [5, 5.41) is 0.584. The molecule has 0 spiro atoms. The Morgan fingerprint density at radius 3 is 2.17 bits per heavy atom. The lowest BCUT2D eigenvalue weighted by Gasteiger charge is -2.35. The van der Waals surface area contributed by atoms with Crippen LogP contribution in [-0.2, 0) is 16.0 Å². The van der Waals surface area contributed by atoms with E-state index in [1.165, 1.54) is 4.90 Å². The Balaban J connectivity index is 1.82. The highest BCUT2D eigenvalue weighted by molar-refractivity contribution is 6.31. The zero-order valence-corrected chi connectivity index (χ0v) is 13.0. The van der Waals surface area contributed by atoms with Crippen LogP contribution in [0.5, 0.6) is 0 Å². The molecule has 0 radical (unpaired) electrons. The van der Waals surface area contributed by atoms with Crippen LogP contribution in [0.25, 0.3) is 0 Å². The number of piperazine rings is 1. The van der Waals surface area contributed by atoms with Gasteiger partial charge in [-0.15, -0.1) is 0 Å². The average Bonchev–Trinajstić information content (AvgIpc) is 2.52. The van der Waals surface area contributed by atoms with Crippen LogP contribution in [-0.4, -0.2) is 54.0 Å². The molecule has 0 saturated carbocycles. The van der Waals surface area contributed by atoms with Gasteiger partial charge in [0.2, 0.25) is 5.91 Å². The second-order valence-corrected chi connectivity index (χ2v) is 5.67. The number of nitrogens with zero attached hydrogens (tertiary/aromatic N) is 2. The lowest BCUT2D eigenvalue weighted by atomic mass is 10.1. The summed E-state index contributed by atoms with van der Waals surface area (Å²) in [5.41, 5.74) is 0.855. The van der Waals surface area contributed by atoms with Crippen LogP contribution in [0.15, 0.2) is 24.3 Å². The smallest absolute Gasteiger partial charge is 0.339 e. The molecular weight excluding hydrogens is 333 g/mol. The van der Waals surface area contributed by atoms with E-state index in [-0.39, 0.29) is 38.5 Å². The number of benzene rings is 1. The molecule has 1 saturated heterocycles. The first-order chi connectivity index (χ1) is 10.8. The number of aryl methyl sites for hydroxylation is 1. The van der Waals surface area contributed by atoms with Crippen molar-refractivity contribution in [2.45, 2.75) is 19.0 Å². The van der Waals surface area contributed by atoms with E-state index in [1.54, 1.807) is 12.1 Å². The summed E-state index contributed by atoms with van der Waals surface area (Å²) in [6.07, 6.45) is -4.16. The lowest BCUT2D eigenvalue weighted by Crippen LogP contribution is -2.53. The zero-order valence-electron chi connectivity index (χ0n) is 12.3. The van der Waals surface area contributed by atoms with Gasteiger partial charge >= 0.3 is 12.1 Å². The Morgan fingerprint density at radius 2 is 1.61 bits per heavy atom. The molecule has 23 heavy (non-hydrogen) atoms. The molecule has 1 fully saturated rings. The van der Waals surface area contributed by atoms with Crippen LogP contribution in [0.4, 0.5) is 13.2 Å². The van der Waals surface area contributed by atoms with E-state index in [0.717, 1.165) is 10.5 Å². The molecule has 1 heterocycles. The number of alkyl halides is 3. The molecule has 0 bridgehead atoms. The minimum absolute atomic E-state index is 0.101. The highest BCUT2D eigenvalue weighted by atomic mass is 35.5. The molecule has 0 N–H and O–H groups in total. The van der Waals surface area contributed by atoms with Crippen LogP contribution >= 0.6 is 11.6 Å². The predicted octanol–water partition coefficient (Wildman–Crippen LogP) is 2.51. The molecule has 4 nitrogen and oxygen atoms in total. The topological polar surface area (TPSA) is 40.6 Å². The molecule has 1 aromatic carbocycles. The standard InChI is InChI=1S/C15H16ClF3N2O2/c16-12-4-2-1-3-11(12)5-6-13(22)20-7-9-21(10-8-20)14(23)15(17,18)19/h1-4H,5-10H2. The molecule has 2 amide bonds. The van der Waals surface area contributed by atoms with Crippen molar-refractivity contribution in [3.8, 4) is 0 Å². The van der Waals surface area contributed by atoms with E-state index in [4.69, 9.17) is 11.6 Å². The van der Waals surface area contributed by atoms with E-state index in [1.807, 2.05) is 12.1 Å². The number of hydrogen-bond donors (Lipinski definition) is 0. The zero-order chi connectivity index (χ0) is 17.0. The van der Waals surface area contributed by atoms with E-state index in [9.17, 15) is 22.8 Å². The SMILES string of the molecule is O=C(CCc1ccccc1Cl)N1CCN(C(=O)C(F)(F)F)CC1. The van der Waals surface area contributed by atoms with Crippen molar-refractivity contribution < 1.29 is 22.8 Å². The molecule has 2 rings (SSSR count). The minimum atomic E-state index is -4.86. The third-order valence-corrected chi connectivity index (χ3v) is 4.10. The van der Waals surface area contributed by atoms with Gasteiger partial charge in [0, 0.05) is 37.6 Å². The van der Waals surface area contributed by atoms with Gasteiger partial charge in [-0.2, -0.15) is 13.2 Å². The van der Waals surface area contributed by atoms with E-state index < -0.39 is 12.1 Å². The van der Waals surface area contributed by atoms with Crippen LogP contribution < -0.4 is 0 Å². The van der Waals surface area contributed by atoms with Gasteiger partial charge in [0.25, 0.3) is 0 Å². The Labute approximate surface area is 136 Å². The van der Waals surface area contributed by atoms with Crippen molar-refractivity contribution in [2.24, 2.45) is 0 Å². The normalized spacial score (nSPS) is 15.7. The highest BCUT2D eigenvalue weighted by Crippen LogP contribution is 2.20. The predicted molar refractivity (Wildman–Crippen MR) is 79.0 cm³/mol. The Kier molecular flexibility index (Phi) is 5.51. The van der Waals surface area contributed by atoms with Crippen molar-refractivity contribution in [1.82, 2.24) is 9.80 Å². The van der Waals surface area contributed by atoms with E-state index in [0.29, 0.717) is 11.4 Å². The van der Waals surface area contributed by atoms with Gasteiger partial charge < -0.3 is 9.80 Å². The molecule has 0 aromatic heterocycles. The Bertz CT molecular complexity index is 584. The minimum Gasteiger partial charge on any atom is -0.339 e. The number of halogens is 4. The van der Waals surface area contributed by atoms with Crippen molar-refractivity contribution in [1.29, 1.82) is 0 Å². The van der Waals surface area contributed by atoms with E-state index >= 15 is 0 Å². The third-order valence-electron chi connectivity index (χ3n) is 3.73. The highest BCUT2D eigenvalue weighted by Gasteiger charge is 2.43. The molecular formula is C15H16ClF3N2O2. The Morgan fingerprint density at radius 1 is 1.04 bits per heavy atom. The molecule has 1 aromatic rings. The number of carbonyl (C=O) groups is 2. The van der Waals surface area contributed by atoms with Crippen LogP contribution in [0.2, 0.25) is 5.02 Å². The van der Waals surface area contributed by atoms with Gasteiger partial charge in [0.15, 0.2) is 0 Å². The average molecular weight is 349 g/mol. The molecule has 126 valence electrons. The van der Waals surface area contributed by atoms with Gasteiger partial charge in [0.1, 0.15) is 0 Å². The maximum absolute atomic E-state index is 12.4. The summed E-state index contributed by atoms with van der Waals surface area (Å²) in [7, 11) is 0. The van der Waals surface area contributed by atoms with Gasteiger partial charge in [-0.1, -0.05) is 29.8 Å². The van der Waals surface area contributed by atoms with Gasteiger partial charge in [-0.25, -0.2) is 0 Å². The number of rotatable bonds is 3. The largest absolute Gasteiger partial charge is 0.471 e. The number of carbonyl (C=O) groups excluding carboxylic acids is 2. The van der Waals surface area contributed by atoms with Crippen molar-refractivity contribution >= 4 is 23.4 Å². The van der Waals surface area contributed by atoms with E-state index in [2.05, 4.69) is 0 Å². The summed E-state index contributed by atoms with van der Waals surface area (Å²) in [6, 6.07) is 7.19. The first-order valence-electron chi connectivity index (χ1n) is 7.16. The third kappa shape index (κ3) is 4.60. The molecule has 0 unspecified atom stereocenters.